The fourth-order valence-corrected chi connectivity index (χ4v) is 3.57. The van der Waals surface area contributed by atoms with Gasteiger partial charge in [-0.1, -0.05) is 6.92 Å². The number of nitrogens with zero attached hydrogens (tertiary/aromatic N) is 1. The van der Waals surface area contributed by atoms with Gasteiger partial charge < -0.3 is 15.4 Å². The highest BCUT2D eigenvalue weighted by Gasteiger charge is 2.48. The van der Waals surface area contributed by atoms with Crippen molar-refractivity contribution in [3.05, 3.63) is 29.8 Å². The monoisotopic (exact) mass is 389 g/mol. The maximum atomic E-state index is 12.2. The fourth-order valence-electron chi connectivity index (χ4n) is 3.57. The summed E-state index contributed by atoms with van der Waals surface area (Å²) in [4.78, 5) is 41.2. The first-order valence-corrected chi connectivity index (χ1v) is 9.47. The molecule has 1 saturated heterocycles. The molecule has 2 aliphatic rings. The minimum Gasteiger partial charge on any atom is -0.377 e. The van der Waals surface area contributed by atoms with Crippen molar-refractivity contribution in [2.24, 2.45) is 11.3 Å². The molecule has 3 rings (SSSR count). The molecule has 8 heteroatoms. The molecular weight excluding hydrogens is 362 g/mol. The molecule has 2 fully saturated rings. The number of hydrogen-bond donors (Lipinski definition) is 2. The number of rotatable bonds is 6. The van der Waals surface area contributed by atoms with E-state index >= 15 is 0 Å². The summed E-state index contributed by atoms with van der Waals surface area (Å²) in [6.45, 7) is 3.22. The zero-order valence-corrected chi connectivity index (χ0v) is 16.5. The van der Waals surface area contributed by atoms with Gasteiger partial charge in [0.1, 0.15) is 0 Å². The van der Waals surface area contributed by atoms with Crippen LogP contribution in [0.2, 0.25) is 0 Å². The molecule has 2 unspecified atom stereocenters. The molecule has 1 aliphatic carbocycles. The third-order valence-corrected chi connectivity index (χ3v) is 5.52. The van der Waals surface area contributed by atoms with Gasteiger partial charge in [0, 0.05) is 36.9 Å². The van der Waals surface area contributed by atoms with E-state index in [4.69, 9.17) is 9.57 Å². The molecular formula is C20H27N3O5. The highest BCUT2D eigenvalue weighted by Crippen LogP contribution is 2.47. The number of anilines is 1. The van der Waals surface area contributed by atoms with Gasteiger partial charge in [0.05, 0.1) is 13.2 Å². The van der Waals surface area contributed by atoms with E-state index in [2.05, 4.69) is 17.6 Å². The lowest BCUT2D eigenvalue weighted by Crippen LogP contribution is -2.45. The Hall–Kier alpha value is -2.45. The first kappa shape index (κ1) is 20.3. The standard InChI is InChI=1S/C20H27N3O5/c1-20(10-11-28-16(20)13-4-5-13)12-21-17(24)18(25)22-15-8-6-14(7-9-15)19(26)23(2)27-3/h6-9,13,16H,4-5,10-12H2,1-3H3,(H,21,24)(H,22,25). The van der Waals surface area contributed by atoms with Crippen LogP contribution in [-0.4, -0.2) is 56.2 Å². The number of carbonyl (C=O) groups is 3. The van der Waals surface area contributed by atoms with Crippen molar-refractivity contribution in [1.82, 2.24) is 10.4 Å². The number of nitrogens with one attached hydrogen (secondary N) is 2. The normalized spacial score (nSPS) is 23.9. The van der Waals surface area contributed by atoms with Crippen LogP contribution in [0.3, 0.4) is 0 Å². The predicted octanol–water partition coefficient (Wildman–Crippen LogP) is 1.58. The Morgan fingerprint density at radius 3 is 2.50 bits per heavy atom. The van der Waals surface area contributed by atoms with Crippen molar-refractivity contribution in [1.29, 1.82) is 0 Å². The number of amides is 3. The summed E-state index contributed by atoms with van der Waals surface area (Å²) >= 11 is 0. The molecule has 1 aliphatic heterocycles. The zero-order chi connectivity index (χ0) is 20.3. The first-order valence-electron chi connectivity index (χ1n) is 9.47. The average molecular weight is 389 g/mol. The molecule has 0 bridgehead atoms. The van der Waals surface area contributed by atoms with Crippen molar-refractivity contribution < 1.29 is 24.0 Å². The summed E-state index contributed by atoms with van der Waals surface area (Å²) in [6.07, 6.45) is 3.38. The summed E-state index contributed by atoms with van der Waals surface area (Å²) in [5, 5.41) is 6.39. The Morgan fingerprint density at radius 1 is 1.21 bits per heavy atom. The second-order valence-corrected chi connectivity index (χ2v) is 7.73. The Kier molecular flexibility index (Phi) is 6.00. The maximum absolute atomic E-state index is 12.2. The molecule has 8 nitrogen and oxygen atoms in total. The number of carbonyl (C=O) groups excluding carboxylic acids is 3. The summed E-state index contributed by atoms with van der Waals surface area (Å²) in [7, 11) is 2.90. The van der Waals surface area contributed by atoms with Gasteiger partial charge >= 0.3 is 11.8 Å². The molecule has 0 aromatic heterocycles. The van der Waals surface area contributed by atoms with Crippen LogP contribution in [0.15, 0.2) is 24.3 Å². The lowest BCUT2D eigenvalue weighted by Gasteiger charge is -2.30. The zero-order valence-electron chi connectivity index (χ0n) is 16.5. The van der Waals surface area contributed by atoms with E-state index < -0.39 is 11.8 Å². The molecule has 1 aromatic rings. The Labute approximate surface area is 164 Å². The van der Waals surface area contributed by atoms with Crippen molar-refractivity contribution in [2.45, 2.75) is 32.3 Å². The second-order valence-electron chi connectivity index (χ2n) is 7.73. The minimum atomic E-state index is -0.737. The Bertz CT molecular complexity index is 747. The SMILES string of the molecule is CON(C)C(=O)c1ccc(NC(=O)C(=O)NCC2(C)CCOC2C2CC2)cc1. The van der Waals surface area contributed by atoms with E-state index in [9.17, 15) is 14.4 Å². The van der Waals surface area contributed by atoms with E-state index in [-0.39, 0.29) is 17.4 Å². The molecule has 2 atom stereocenters. The third kappa shape index (κ3) is 4.51. The summed E-state index contributed by atoms with van der Waals surface area (Å²) in [5.41, 5.74) is 0.710. The first-order chi connectivity index (χ1) is 13.3. The molecule has 152 valence electrons. The fraction of sp³-hybridized carbons (Fsp3) is 0.550. The van der Waals surface area contributed by atoms with E-state index in [1.165, 1.54) is 27.0 Å². The second kappa shape index (κ2) is 8.28. The highest BCUT2D eigenvalue weighted by molar-refractivity contribution is 6.39. The van der Waals surface area contributed by atoms with Crippen LogP contribution >= 0.6 is 0 Å². The molecule has 1 heterocycles. The minimum absolute atomic E-state index is 0.132. The van der Waals surface area contributed by atoms with Crippen LogP contribution in [-0.2, 0) is 19.2 Å². The van der Waals surface area contributed by atoms with Gasteiger partial charge in [-0.3, -0.25) is 19.2 Å². The van der Waals surface area contributed by atoms with Gasteiger partial charge in [-0.25, -0.2) is 5.06 Å². The van der Waals surface area contributed by atoms with Crippen LogP contribution in [0.4, 0.5) is 5.69 Å². The number of benzene rings is 1. The lowest BCUT2D eigenvalue weighted by atomic mass is 9.81. The number of hydrogen-bond acceptors (Lipinski definition) is 5. The number of ether oxygens (including phenoxy) is 1. The smallest absolute Gasteiger partial charge is 0.313 e. The summed E-state index contributed by atoms with van der Waals surface area (Å²) in [6, 6.07) is 6.25. The van der Waals surface area contributed by atoms with E-state index in [0.29, 0.717) is 30.3 Å². The highest BCUT2D eigenvalue weighted by atomic mass is 16.7. The quantitative estimate of drug-likeness (QED) is 0.569. The average Bonchev–Trinajstić information content (AvgIpc) is 3.47. The van der Waals surface area contributed by atoms with Gasteiger partial charge in [0.15, 0.2) is 0 Å². The van der Waals surface area contributed by atoms with Crippen LogP contribution < -0.4 is 10.6 Å². The Morgan fingerprint density at radius 2 is 1.89 bits per heavy atom. The van der Waals surface area contributed by atoms with Crippen molar-refractivity contribution >= 4 is 23.4 Å². The molecule has 1 saturated carbocycles. The third-order valence-electron chi connectivity index (χ3n) is 5.52. The molecule has 3 amide bonds. The lowest BCUT2D eigenvalue weighted by molar-refractivity contribution is -0.136. The molecule has 0 radical (unpaired) electrons. The van der Waals surface area contributed by atoms with Crippen LogP contribution in [0, 0.1) is 11.3 Å². The van der Waals surface area contributed by atoms with Crippen LogP contribution in [0.25, 0.3) is 0 Å². The Balaban J connectivity index is 1.51. The van der Waals surface area contributed by atoms with E-state index in [0.717, 1.165) is 11.5 Å². The maximum Gasteiger partial charge on any atom is 0.313 e. The van der Waals surface area contributed by atoms with Gasteiger partial charge in [-0.2, -0.15) is 0 Å². The van der Waals surface area contributed by atoms with Crippen LogP contribution in [0.1, 0.15) is 36.5 Å². The molecule has 1 aromatic carbocycles. The van der Waals surface area contributed by atoms with Crippen molar-refractivity contribution in [2.75, 3.05) is 32.6 Å². The topological polar surface area (TPSA) is 97.0 Å². The van der Waals surface area contributed by atoms with Gasteiger partial charge in [0.25, 0.3) is 5.91 Å². The van der Waals surface area contributed by atoms with Crippen molar-refractivity contribution in [3.8, 4) is 0 Å². The van der Waals surface area contributed by atoms with Gasteiger partial charge in [-0.15, -0.1) is 0 Å². The van der Waals surface area contributed by atoms with E-state index in [1.807, 2.05) is 0 Å². The molecule has 0 spiro atoms. The summed E-state index contributed by atoms with van der Waals surface area (Å²) < 4.78 is 5.84. The largest absolute Gasteiger partial charge is 0.377 e. The van der Waals surface area contributed by atoms with Crippen LogP contribution in [0.5, 0.6) is 0 Å². The number of hydroxylamine groups is 2. The molecule has 28 heavy (non-hydrogen) atoms. The van der Waals surface area contributed by atoms with Gasteiger partial charge in [0.2, 0.25) is 0 Å². The van der Waals surface area contributed by atoms with Gasteiger partial charge in [-0.05, 0) is 49.4 Å². The summed E-state index contributed by atoms with van der Waals surface area (Å²) in [5.74, 6) is -1.15. The van der Waals surface area contributed by atoms with Crippen molar-refractivity contribution in [3.63, 3.8) is 0 Å². The molecule has 2 N–H and O–H groups in total. The predicted molar refractivity (Wildman–Crippen MR) is 102 cm³/mol. The van der Waals surface area contributed by atoms with E-state index in [1.54, 1.807) is 24.3 Å².